The van der Waals surface area contributed by atoms with Crippen molar-refractivity contribution in [1.82, 2.24) is 5.32 Å². The van der Waals surface area contributed by atoms with Gasteiger partial charge >= 0.3 is 0 Å². The Balaban J connectivity index is 2.16. The molecule has 1 atom stereocenters. The molecule has 1 fully saturated rings. The fraction of sp³-hybridized carbons (Fsp3) is 0.889. The fourth-order valence-electron chi connectivity index (χ4n) is 1.23. The molecule has 0 aromatic heterocycles. The van der Waals surface area contributed by atoms with Gasteiger partial charge in [0.25, 0.3) is 0 Å². The average Bonchev–Trinajstić information content (AvgIpc) is 1.97. The summed E-state index contributed by atoms with van der Waals surface area (Å²) in [5.41, 5.74) is 0. The summed E-state index contributed by atoms with van der Waals surface area (Å²) in [7, 11) is 0. The van der Waals surface area contributed by atoms with Crippen molar-refractivity contribution in [2.24, 2.45) is 5.92 Å². The highest BCUT2D eigenvalue weighted by atomic mass is 16.5. The van der Waals surface area contributed by atoms with Gasteiger partial charge in [0.1, 0.15) is 0 Å². The Kier molecular flexibility index (Phi) is 3.53. The molecule has 1 aliphatic heterocycles. The average molecular weight is 171 g/mol. The summed E-state index contributed by atoms with van der Waals surface area (Å²) in [5, 5.41) is 2.94. The van der Waals surface area contributed by atoms with Gasteiger partial charge in [-0.25, -0.2) is 0 Å². The van der Waals surface area contributed by atoms with Gasteiger partial charge in [0, 0.05) is 5.92 Å². The summed E-state index contributed by atoms with van der Waals surface area (Å²) >= 11 is 0. The normalized spacial score (nSPS) is 19.8. The lowest BCUT2D eigenvalue weighted by atomic mass is 10.0. The molecular formula is C9H17NO2. The zero-order valence-corrected chi connectivity index (χ0v) is 7.80. The Hall–Kier alpha value is -0.570. The van der Waals surface area contributed by atoms with Crippen LogP contribution in [-0.2, 0) is 9.53 Å². The van der Waals surface area contributed by atoms with Crippen molar-refractivity contribution in [2.75, 3.05) is 13.2 Å². The van der Waals surface area contributed by atoms with Gasteiger partial charge in [0.15, 0.2) is 0 Å². The molecule has 0 aromatic rings. The number of hydrogen-bond donors (Lipinski definition) is 1. The van der Waals surface area contributed by atoms with Crippen molar-refractivity contribution in [3.05, 3.63) is 0 Å². The first kappa shape index (κ1) is 9.52. The first-order chi connectivity index (χ1) is 5.74. The topological polar surface area (TPSA) is 38.3 Å². The van der Waals surface area contributed by atoms with Crippen LogP contribution in [0.3, 0.4) is 0 Å². The molecule has 0 saturated carbocycles. The maximum Gasteiger partial charge on any atom is 0.223 e. The molecule has 1 unspecified atom stereocenters. The largest absolute Gasteiger partial charge is 0.377 e. The van der Waals surface area contributed by atoms with E-state index in [0.717, 1.165) is 12.8 Å². The van der Waals surface area contributed by atoms with Crippen molar-refractivity contribution in [2.45, 2.75) is 32.7 Å². The Morgan fingerprint density at radius 1 is 1.67 bits per heavy atom. The van der Waals surface area contributed by atoms with Crippen LogP contribution in [-0.4, -0.2) is 25.2 Å². The highest BCUT2D eigenvalue weighted by Crippen LogP contribution is 2.07. The molecule has 0 radical (unpaired) electrons. The van der Waals surface area contributed by atoms with E-state index in [1.165, 1.54) is 0 Å². The second-order valence-electron chi connectivity index (χ2n) is 3.43. The second-order valence-corrected chi connectivity index (χ2v) is 3.43. The molecule has 3 heteroatoms. The van der Waals surface area contributed by atoms with E-state index in [1.807, 2.05) is 6.92 Å². The summed E-state index contributed by atoms with van der Waals surface area (Å²) in [6.07, 6.45) is 2.04. The lowest BCUT2D eigenvalue weighted by Gasteiger charge is -2.28. The summed E-state index contributed by atoms with van der Waals surface area (Å²) in [6.45, 7) is 5.43. The van der Waals surface area contributed by atoms with Gasteiger partial charge in [0.2, 0.25) is 5.91 Å². The van der Waals surface area contributed by atoms with Crippen LogP contribution in [0.4, 0.5) is 0 Å². The third-order valence-electron chi connectivity index (χ3n) is 2.15. The number of ether oxygens (including phenoxy) is 1. The van der Waals surface area contributed by atoms with E-state index in [4.69, 9.17) is 4.74 Å². The minimum Gasteiger partial charge on any atom is -0.377 e. The molecule has 0 bridgehead atoms. The van der Waals surface area contributed by atoms with E-state index in [1.54, 1.807) is 0 Å². The summed E-state index contributed by atoms with van der Waals surface area (Å²) in [5.74, 6) is 0.320. The van der Waals surface area contributed by atoms with Crippen LogP contribution in [0.25, 0.3) is 0 Å². The minimum atomic E-state index is 0.149. The first-order valence-electron chi connectivity index (χ1n) is 4.62. The maximum atomic E-state index is 11.4. The molecule has 70 valence electrons. The molecule has 1 saturated heterocycles. The van der Waals surface area contributed by atoms with E-state index in [-0.39, 0.29) is 17.9 Å². The van der Waals surface area contributed by atoms with E-state index < -0.39 is 0 Å². The first-order valence-corrected chi connectivity index (χ1v) is 4.62. The van der Waals surface area contributed by atoms with Crippen LogP contribution >= 0.6 is 0 Å². The predicted octanol–water partition coefficient (Wildman–Crippen LogP) is 0.938. The van der Waals surface area contributed by atoms with Crippen LogP contribution < -0.4 is 5.32 Å². The van der Waals surface area contributed by atoms with E-state index in [2.05, 4.69) is 12.2 Å². The Bertz CT molecular complexity index is 155. The number of rotatable bonds is 4. The number of amides is 1. The Morgan fingerprint density at radius 2 is 2.33 bits per heavy atom. The number of carbonyl (C=O) groups is 1. The predicted molar refractivity (Wildman–Crippen MR) is 46.8 cm³/mol. The van der Waals surface area contributed by atoms with E-state index in [0.29, 0.717) is 13.2 Å². The van der Waals surface area contributed by atoms with Crippen molar-refractivity contribution < 1.29 is 9.53 Å². The van der Waals surface area contributed by atoms with Crippen molar-refractivity contribution in [3.8, 4) is 0 Å². The van der Waals surface area contributed by atoms with Crippen LogP contribution in [0.5, 0.6) is 0 Å². The molecule has 12 heavy (non-hydrogen) atoms. The minimum absolute atomic E-state index is 0.149. The third-order valence-corrected chi connectivity index (χ3v) is 2.15. The van der Waals surface area contributed by atoms with Crippen LogP contribution in [0, 0.1) is 5.92 Å². The fourth-order valence-corrected chi connectivity index (χ4v) is 1.23. The molecule has 1 heterocycles. The van der Waals surface area contributed by atoms with Gasteiger partial charge in [0.05, 0.1) is 19.3 Å². The molecule has 0 spiro atoms. The molecule has 1 N–H and O–H groups in total. The molecule has 3 nitrogen and oxygen atoms in total. The standard InChI is InChI=1S/C9H17NO2/c1-3-4-7(2)9(11)10-8-5-12-6-8/h7-8H,3-6H2,1-2H3,(H,10,11). The smallest absolute Gasteiger partial charge is 0.223 e. The lowest BCUT2D eigenvalue weighted by molar-refractivity contribution is -0.128. The number of carbonyl (C=O) groups excluding carboxylic acids is 1. The second kappa shape index (κ2) is 4.45. The molecule has 0 aliphatic carbocycles. The number of nitrogens with one attached hydrogen (secondary N) is 1. The summed E-state index contributed by atoms with van der Waals surface area (Å²) in [6, 6.07) is 0.275. The van der Waals surface area contributed by atoms with Gasteiger partial charge in [-0.3, -0.25) is 4.79 Å². The Morgan fingerprint density at radius 3 is 2.75 bits per heavy atom. The molecule has 1 amide bonds. The number of hydrogen-bond acceptors (Lipinski definition) is 2. The van der Waals surface area contributed by atoms with Crippen LogP contribution in [0.2, 0.25) is 0 Å². The van der Waals surface area contributed by atoms with Crippen molar-refractivity contribution >= 4 is 5.91 Å². The van der Waals surface area contributed by atoms with Crippen molar-refractivity contribution in [1.29, 1.82) is 0 Å². The molecular weight excluding hydrogens is 154 g/mol. The van der Waals surface area contributed by atoms with Gasteiger partial charge in [-0.1, -0.05) is 20.3 Å². The van der Waals surface area contributed by atoms with E-state index in [9.17, 15) is 4.79 Å². The zero-order chi connectivity index (χ0) is 8.97. The van der Waals surface area contributed by atoms with Crippen molar-refractivity contribution in [3.63, 3.8) is 0 Å². The third kappa shape index (κ3) is 2.48. The van der Waals surface area contributed by atoms with Crippen LogP contribution in [0.15, 0.2) is 0 Å². The maximum absolute atomic E-state index is 11.4. The highest BCUT2D eigenvalue weighted by Gasteiger charge is 2.22. The van der Waals surface area contributed by atoms with Gasteiger partial charge in [-0.2, -0.15) is 0 Å². The molecule has 1 rings (SSSR count). The molecule has 1 aliphatic rings. The molecule has 0 aromatic carbocycles. The van der Waals surface area contributed by atoms with Gasteiger partial charge < -0.3 is 10.1 Å². The monoisotopic (exact) mass is 171 g/mol. The van der Waals surface area contributed by atoms with E-state index >= 15 is 0 Å². The summed E-state index contributed by atoms with van der Waals surface area (Å²) in [4.78, 5) is 11.4. The van der Waals surface area contributed by atoms with Gasteiger partial charge in [-0.15, -0.1) is 0 Å². The van der Waals surface area contributed by atoms with Gasteiger partial charge in [-0.05, 0) is 6.42 Å². The quantitative estimate of drug-likeness (QED) is 0.683. The summed E-state index contributed by atoms with van der Waals surface area (Å²) < 4.78 is 4.96. The lowest BCUT2D eigenvalue weighted by Crippen LogP contribution is -2.50. The van der Waals surface area contributed by atoms with Crippen LogP contribution in [0.1, 0.15) is 26.7 Å². The SMILES string of the molecule is CCCC(C)C(=O)NC1COC1. The zero-order valence-electron chi connectivity index (χ0n) is 7.80. The Labute approximate surface area is 73.5 Å². The highest BCUT2D eigenvalue weighted by molar-refractivity contribution is 5.78.